The van der Waals surface area contributed by atoms with Crippen molar-refractivity contribution in [3.05, 3.63) is 54.0 Å². The van der Waals surface area contributed by atoms with Gasteiger partial charge in [-0.3, -0.25) is 0 Å². The van der Waals surface area contributed by atoms with E-state index in [2.05, 4.69) is 47.3 Å². The zero-order chi connectivity index (χ0) is 27.3. The molecule has 0 spiro atoms. The van der Waals surface area contributed by atoms with Crippen LogP contribution >= 0.6 is 0 Å². The Morgan fingerprint density at radius 2 is 1.76 bits per heavy atom. The van der Waals surface area contributed by atoms with E-state index in [4.69, 9.17) is 0 Å². The average Bonchev–Trinajstić information content (AvgIpc) is 2.92. The number of hydrogen-bond donors (Lipinski definition) is 1. The monoisotopic (exact) mass is 529 g/mol. The van der Waals surface area contributed by atoms with Crippen LogP contribution in [0.15, 0.2) is 42.9 Å². The van der Waals surface area contributed by atoms with E-state index in [1.165, 1.54) is 18.5 Å². The van der Waals surface area contributed by atoms with E-state index < -0.39 is 18.4 Å². The molecule has 0 aliphatic rings. The maximum atomic E-state index is 14.1. The van der Waals surface area contributed by atoms with Gasteiger partial charge in [0.1, 0.15) is 29.4 Å². The number of fused-ring (bicyclic) bond motifs is 1. The summed E-state index contributed by atoms with van der Waals surface area (Å²) in [5, 5.41) is 11.5. The number of rotatable bonds is 10. The highest BCUT2D eigenvalue weighted by molar-refractivity contribution is 5.87. The van der Waals surface area contributed by atoms with Gasteiger partial charge in [-0.2, -0.15) is 13.2 Å². The lowest BCUT2D eigenvalue weighted by molar-refractivity contribution is -0.137. The third-order valence-corrected chi connectivity index (χ3v) is 6.04. The summed E-state index contributed by atoms with van der Waals surface area (Å²) in [6.45, 7) is 6.49. The van der Waals surface area contributed by atoms with Crippen LogP contribution in [0, 0.1) is 0 Å². The molecule has 4 aromatic heterocycles. The second-order valence-corrected chi connectivity index (χ2v) is 8.53. The van der Waals surface area contributed by atoms with E-state index in [9.17, 15) is 17.6 Å². The Morgan fingerprint density at radius 3 is 2.42 bits per heavy atom. The van der Waals surface area contributed by atoms with E-state index in [1.54, 1.807) is 12.1 Å². The smallest absolute Gasteiger partial charge is 0.354 e. The van der Waals surface area contributed by atoms with Crippen LogP contribution in [0.25, 0.3) is 22.6 Å². The highest BCUT2D eigenvalue weighted by Gasteiger charge is 2.30. The number of halogens is 4. The van der Waals surface area contributed by atoms with Crippen molar-refractivity contribution in [3.8, 4) is 11.4 Å². The minimum Gasteiger partial charge on any atom is -0.354 e. The van der Waals surface area contributed by atoms with Crippen molar-refractivity contribution in [2.75, 3.05) is 43.4 Å². The predicted octanol–water partition coefficient (Wildman–Crippen LogP) is 4.89. The van der Waals surface area contributed by atoms with E-state index in [-0.39, 0.29) is 17.2 Å². The van der Waals surface area contributed by atoms with Crippen LogP contribution in [0.3, 0.4) is 0 Å². The average molecular weight is 530 g/mol. The molecule has 0 unspecified atom stereocenters. The lowest BCUT2D eigenvalue weighted by atomic mass is 10.1. The fourth-order valence-corrected chi connectivity index (χ4v) is 3.68. The Labute approximate surface area is 217 Å². The lowest BCUT2D eigenvalue weighted by Gasteiger charge is -2.25. The molecule has 0 saturated heterocycles. The first-order chi connectivity index (χ1) is 18.2. The molecule has 38 heavy (non-hydrogen) atoms. The second kappa shape index (κ2) is 11.6. The van der Waals surface area contributed by atoms with Crippen LogP contribution < -0.4 is 10.2 Å². The van der Waals surface area contributed by atoms with E-state index in [0.29, 0.717) is 34.8 Å². The predicted molar refractivity (Wildman–Crippen MR) is 137 cm³/mol. The van der Waals surface area contributed by atoms with Gasteiger partial charge < -0.3 is 15.1 Å². The summed E-state index contributed by atoms with van der Waals surface area (Å²) in [6, 6.07) is 5.44. The molecule has 0 saturated carbocycles. The molecule has 1 N–H and O–H groups in total. The Hall–Kier alpha value is -4.00. The maximum Gasteiger partial charge on any atom is 0.417 e. The molecule has 4 aromatic rings. The summed E-state index contributed by atoms with van der Waals surface area (Å²) in [4.78, 5) is 21.2. The summed E-state index contributed by atoms with van der Waals surface area (Å²) in [5.41, 5.74) is 1.10. The Morgan fingerprint density at radius 1 is 0.947 bits per heavy atom. The van der Waals surface area contributed by atoms with Crippen molar-refractivity contribution in [2.24, 2.45) is 0 Å². The minimum atomic E-state index is -4.48. The Balaban J connectivity index is 1.60. The van der Waals surface area contributed by atoms with Crippen molar-refractivity contribution in [2.45, 2.75) is 26.7 Å². The van der Waals surface area contributed by atoms with Gasteiger partial charge in [0.05, 0.1) is 17.4 Å². The van der Waals surface area contributed by atoms with Gasteiger partial charge in [-0.25, -0.2) is 24.3 Å². The van der Waals surface area contributed by atoms with Crippen LogP contribution in [0.4, 0.5) is 34.9 Å². The third kappa shape index (κ3) is 6.10. The number of likely N-dealkylation sites (N-methyl/N-ethyl adjacent to an activating group) is 2. The number of pyridine rings is 2. The van der Waals surface area contributed by atoms with Gasteiger partial charge in [0.25, 0.3) is 0 Å². The van der Waals surface area contributed by atoms with Crippen LogP contribution in [0.5, 0.6) is 0 Å². The van der Waals surface area contributed by atoms with Gasteiger partial charge >= 0.3 is 6.18 Å². The molecule has 0 aliphatic heterocycles. The molecule has 13 heteroatoms. The van der Waals surface area contributed by atoms with Crippen molar-refractivity contribution < 1.29 is 17.6 Å². The SMILES string of the molecule is CCN(C)CCN(CC)c1cc(CF)c(-c2cnc3c(Nc4ccc(C(F)(F)F)cn4)ccnc3n2)nn1. The fraction of sp³-hybridized carbons (Fsp3) is 0.360. The van der Waals surface area contributed by atoms with Crippen LogP contribution in [0.2, 0.25) is 0 Å². The van der Waals surface area contributed by atoms with Gasteiger partial charge in [0, 0.05) is 37.6 Å². The van der Waals surface area contributed by atoms with Gasteiger partial charge in [-0.15, -0.1) is 10.2 Å². The summed E-state index contributed by atoms with van der Waals surface area (Å²) in [7, 11) is 2.03. The van der Waals surface area contributed by atoms with Crippen LogP contribution in [0.1, 0.15) is 25.0 Å². The number of nitrogens with one attached hydrogen (secondary N) is 1. The number of hydrogen-bond acceptors (Lipinski definition) is 9. The summed E-state index contributed by atoms with van der Waals surface area (Å²) < 4.78 is 52.5. The Bertz CT molecular complexity index is 1380. The first-order valence-corrected chi connectivity index (χ1v) is 12.0. The number of aromatic nitrogens is 6. The summed E-state index contributed by atoms with van der Waals surface area (Å²) >= 11 is 0. The molecule has 0 atom stereocenters. The zero-order valence-electron chi connectivity index (χ0n) is 21.2. The number of alkyl halides is 4. The zero-order valence-corrected chi connectivity index (χ0v) is 21.2. The highest BCUT2D eigenvalue weighted by Crippen LogP contribution is 2.30. The van der Waals surface area contributed by atoms with Crippen LogP contribution in [-0.4, -0.2) is 68.3 Å². The van der Waals surface area contributed by atoms with E-state index in [1.807, 2.05) is 18.9 Å². The lowest BCUT2D eigenvalue weighted by Crippen LogP contribution is -2.33. The van der Waals surface area contributed by atoms with Crippen molar-refractivity contribution >= 4 is 28.5 Å². The van der Waals surface area contributed by atoms with Gasteiger partial charge in [-0.05, 0) is 44.8 Å². The molecule has 4 heterocycles. The molecule has 0 radical (unpaired) electrons. The molecule has 0 aliphatic carbocycles. The minimum absolute atomic E-state index is 0.197. The molecule has 4 rings (SSSR count). The molecule has 0 bridgehead atoms. The first-order valence-electron chi connectivity index (χ1n) is 12.0. The van der Waals surface area contributed by atoms with Gasteiger partial charge in [0.15, 0.2) is 11.5 Å². The quantitative estimate of drug-likeness (QED) is 0.288. The van der Waals surface area contributed by atoms with E-state index >= 15 is 0 Å². The Kier molecular flexibility index (Phi) is 8.25. The molecule has 0 aromatic carbocycles. The molecule has 9 nitrogen and oxygen atoms in total. The largest absolute Gasteiger partial charge is 0.417 e. The van der Waals surface area contributed by atoms with E-state index in [0.717, 1.165) is 31.9 Å². The molecular formula is C25H27F4N9. The second-order valence-electron chi connectivity index (χ2n) is 8.53. The molecule has 0 amide bonds. The van der Waals surface area contributed by atoms with Crippen LogP contribution in [-0.2, 0) is 12.9 Å². The van der Waals surface area contributed by atoms with Gasteiger partial charge in [0.2, 0.25) is 0 Å². The van der Waals surface area contributed by atoms with Crippen molar-refractivity contribution in [3.63, 3.8) is 0 Å². The van der Waals surface area contributed by atoms with Gasteiger partial charge in [-0.1, -0.05) is 6.92 Å². The number of nitrogens with zero attached hydrogens (tertiary/aromatic N) is 8. The maximum absolute atomic E-state index is 14.1. The number of anilines is 3. The molecular weight excluding hydrogens is 502 g/mol. The summed E-state index contributed by atoms with van der Waals surface area (Å²) in [5.74, 6) is 0.777. The summed E-state index contributed by atoms with van der Waals surface area (Å²) in [6.07, 6.45) is -0.814. The standard InChI is InChI=1S/C25H27F4N9/c1-4-37(3)10-11-38(5-2)21-12-16(13-26)22(36-35-21)19-15-32-23-18(8-9-30-24(23)34-19)33-20-7-6-17(14-31-20)25(27,28)29/h6-9,12,14-15H,4-5,10-11,13H2,1-3H3,(H,30,31,33,34). The first kappa shape index (κ1) is 27.0. The molecule has 200 valence electrons. The molecule has 0 fully saturated rings. The topological polar surface area (TPSA) is 95.8 Å². The fourth-order valence-electron chi connectivity index (χ4n) is 3.68. The highest BCUT2D eigenvalue weighted by atomic mass is 19.4. The van der Waals surface area contributed by atoms with Crippen molar-refractivity contribution in [1.82, 2.24) is 35.0 Å². The van der Waals surface area contributed by atoms with Crippen molar-refractivity contribution in [1.29, 1.82) is 0 Å². The third-order valence-electron chi connectivity index (χ3n) is 6.04. The normalized spacial score (nSPS) is 11.8.